The highest BCUT2D eigenvalue weighted by Gasteiger charge is 2.34. The fourth-order valence-corrected chi connectivity index (χ4v) is 1.65. The maximum absolute atomic E-state index is 12.2. The number of rotatable bonds is 10. The molecule has 0 aromatic rings. The van der Waals surface area contributed by atoms with E-state index in [1.54, 1.807) is 41.5 Å². The summed E-state index contributed by atoms with van der Waals surface area (Å²) in [6.45, 7) is 18.8. The van der Waals surface area contributed by atoms with E-state index in [1.807, 2.05) is 0 Å². The Balaban J connectivity index is 4.84. The van der Waals surface area contributed by atoms with Crippen molar-refractivity contribution in [1.29, 1.82) is 0 Å². The largest absolute Gasteiger partial charge is 0.514 e. The van der Waals surface area contributed by atoms with Gasteiger partial charge in [0.05, 0.1) is 11.1 Å². The Bertz CT molecular complexity index is 714. The molecule has 0 aliphatic rings. The quantitative estimate of drug-likeness (QED) is 0.103. The summed E-state index contributed by atoms with van der Waals surface area (Å²) in [6, 6.07) is 0. The maximum atomic E-state index is 12.2. The van der Waals surface area contributed by atoms with Crippen molar-refractivity contribution < 1.29 is 52.9 Å². The molecule has 0 aliphatic heterocycles. The first-order valence-corrected chi connectivity index (χ1v) is 10.5. The van der Waals surface area contributed by atoms with Crippen molar-refractivity contribution in [3.63, 3.8) is 0 Å². The van der Waals surface area contributed by atoms with Crippen molar-refractivity contribution in [3.05, 3.63) is 23.7 Å². The minimum Gasteiger partial charge on any atom is -0.420 e. The normalized spacial score (nSPS) is 13.6. The van der Waals surface area contributed by atoms with Crippen molar-refractivity contribution in [3.8, 4) is 0 Å². The molecule has 0 atom stereocenters. The van der Waals surface area contributed by atoms with Crippen LogP contribution in [0, 0.1) is 0 Å². The fourth-order valence-electron chi connectivity index (χ4n) is 1.65. The molecule has 0 N–H and O–H groups in total. The molecule has 0 saturated carbocycles. The molecule has 0 aromatic heterocycles. The van der Waals surface area contributed by atoms with Gasteiger partial charge in [-0.25, -0.2) is 14.4 Å². The molecule has 0 radical (unpaired) electrons. The van der Waals surface area contributed by atoms with Gasteiger partial charge in [0, 0.05) is 27.7 Å². The lowest BCUT2D eigenvalue weighted by molar-refractivity contribution is -0.311. The number of ether oxygens (including phenoxy) is 4. The lowest BCUT2D eigenvalue weighted by Gasteiger charge is -2.28. The molecule has 196 valence electrons. The second-order valence-electron chi connectivity index (χ2n) is 10.2. The summed E-state index contributed by atoms with van der Waals surface area (Å²) < 4.78 is 20.4. The molecular formula is C23H38O11. The summed E-state index contributed by atoms with van der Waals surface area (Å²) in [6.07, 6.45) is 0.895. The van der Waals surface area contributed by atoms with Gasteiger partial charge in [0.15, 0.2) is 0 Å². The molecule has 0 saturated heterocycles. The van der Waals surface area contributed by atoms with Crippen molar-refractivity contribution in [2.24, 2.45) is 0 Å². The molecular weight excluding hydrogens is 452 g/mol. The van der Waals surface area contributed by atoms with Gasteiger partial charge in [-0.3, -0.25) is 0 Å². The Morgan fingerprint density at radius 2 is 0.824 bits per heavy atom. The van der Waals surface area contributed by atoms with Gasteiger partial charge >= 0.3 is 18.1 Å². The molecule has 34 heavy (non-hydrogen) atoms. The number of hydrogen-bond acceptors (Lipinski definition) is 11. The third kappa shape index (κ3) is 15.1. The molecule has 0 unspecified atom stereocenters. The molecule has 0 heterocycles. The van der Waals surface area contributed by atoms with Crippen LogP contribution in [0.25, 0.3) is 0 Å². The Kier molecular flexibility index (Phi) is 11.1. The predicted molar refractivity (Wildman–Crippen MR) is 119 cm³/mol. The van der Waals surface area contributed by atoms with Crippen LogP contribution in [-0.2, 0) is 48.1 Å². The van der Waals surface area contributed by atoms with Crippen molar-refractivity contribution in [1.82, 2.24) is 0 Å². The van der Waals surface area contributed by atoms with Gasteiger partial charge in [0.1, 0.15) is 23.7 Å². The van der Waals surface area contributed by atoms with Crippen molar-refractivity contribution in [2.75, 3.05) is 0 Å². The van der Waals surface area contributed by atoms with Gasteiger partial charge in [-0.15, -0.1) is 0 Å². The van der Waals surface area contributed by atoms with E-state index in [0.29, 0.717) is 0 Å². The zero-order valence-electron chi connectivity index (χ0n) is 22.1. The first kappa shape index (κ1) is 31.2. The van der Waals surface area contributed by atoms with E-state index in [9.17, 15) is 14.4 Å². The molecule has 0 aliphatic carbocycles. The van der Waals surface area contributed by atoms with Crippen LogP contribution in [0.2, 0.25) is 0 Å². The smallest absolute Gasteiger partial charge is 0.420 e. The Labute approximate surface area is 201 Å². The summed E-state index contributed by atoms with van der Waals surface area (Å²) in [5, 5.41) is 0. The second kappa shape index (κ2) is 12.1. The molecule has 11 nitrogen and oxygen atoms in total. The summed E-state index contributed by atoms with van der Waals surface area (Å²) in [5.74, 6) is -5.05. The molecule has 0 amide bonds. The molecule has 0 spiro atoms. The van der Waals surface area contributed by atoms with Crippen molar-refractivity contribution in [2.45, 2.75) is 106 Å². The van der Waals surface area contributed by atoms with Gasteiger partial charge in [-0.1, -0.05) is 0 Å². The lowest BCUT2D eigenvalue weighted by atomic mass is 10.2. The highest BCUT2D eigenvalue weighted by atomic mass is 17.2. The Hall–Kier alpha value is -2.79. The van der Waals surface area contributed by atoms with E-state index < -0.39 is 40.9 Å². The molecule has 11 heteroatoms. The minimum atomic E-state index is -1.71. The number of esters is 2. The molecule has 0 rings (SSSR count). The SMILES string of the molecule is C/C(=C\OOC(C)(C)C)C(=O)OC(C)(C)OC(=O)OC(C)(C)OC(=O)/C(C)=C/OOC(C)(C)C. The highest BCUT2D eigenvalue weighted by Crippen LogP contribution is 2.20. The van der Waals surface area contributed by atoms with E-state index in [4.69, 9.17) is 38.5 Å². The van der Waals surface area contributed by atoms with Crippen LogP contribution in [0.3, 0.4) is 0 Å². The first-order chi connectivity index (χ1) is 15.1. The number of hydrogen-bond donors (Lipinski definition) is 0. The van der Waals surface area contributed by atoms with Crippen LogP contribution in [0.4, 0.5) is 4.79 Å². The monoisotopic (exact) mass is 490 g/mol. The first-order valence-electron chi connectivity index (χ1n) is 10.5. The third-order valence-corrected chi connectivity index (χ3v) is 3.03. The van der Waals surface area contributed by atoms with Gasteiger partial charge in [0.2, 0.25) is 0 Å². The van der Waals surface area contributed by atoms with Gasteiger partial charge in [-0.05, 0) is 55.4 Å². The van der Waals surface area contributed by atoms with E-state index in [0.717, 1.165) is 12.5 Å². The fraction of sp³-hybridized carbons (Fsp3) is 0.696. The van der Waals surface area contributed by atoms with Crippen LogP contribution < -0.4 is 0 Å². The van der Waals surface area contributed by atoms with Crippen LogP contribution in [0.15, 0.2) is 23.7 Å². The number of carbonyl (C=O) groups excluding carboxylic acids is 3. The summed E-state index contributed by atoms with van der Waals surface area (Å²) in [7, 11) is 0. The van der Waals surface area contributed by atoms with Crippen LogP contribution >= 0.6 is 0 Å². The Morgan fingerprint density at radius 3 is 1.09 bits per heavy atom. The van der Waals surface area contributed by atoms with Gasteiger partial charge < -0.3 is 28.7 Å². The third-order valence-electron chi connectivity index (χ3n) is 3.03. The zero-order chi connectivity index (χ0) is 27.0. The van der Waals surface area contributed by atoms with E-state index in [1.165, 1.54) is 41.5 Å². The van der Waals surface area contributed by atoms with Crippen molar-refractivity contribution >= 4 is 18.1 Å². The molecule has 0 fully saturated rings. The molecule has 0 bridgehead atoms. The molecule has 0 aromatic carbocycles. The van der Waals surface area contributed by atoms with Crippen LogP contribution in [0.5, 0.6) is 0 Å². The summed E-state index contributed by atoms with van der Waals surface area (Å²) in [4.78, 5) is 56.4. The van der Waals surface area contributed by atoms with Crippen LogP contribution in [0.1, 0.15) is 83.1 Å². The second-order valence-corrected chi connectivity index (χ2v) is 10.2. The topological polar surface area (TPSA) is 125 Å². The highest BCUT2D eigenvalue weighted by molar-refractivity contribution is 5.88. The Morgan fingerprint density at radius 1 is 0.529 bits per heavy atom. The predicted octanol–water partition coefficient (Wildman–Crippen LogP) is 5.00. The zero-order valence-corrected chi connectivity index (χ0v) is 22.1. The minimum absolute atomic E-state index is 0.0588. The average Bonchev–Trinajstić information content (AvgIpc) is 2.56. The van der Waals surface area contributed by atoms with E-state index in [2.05, 4.69) is 0 Å². The average molecular weight is 491 g/mol. The van der Waals surface area contributed by atoms with Gasteiger partial charge in [0.25, 0.3) is 11.6 Å². The van der Waals surface area contributed by atoms with Crippen LogP contribution in [-0.4, -0.2) is 40.9 Å². The van der Waals surface area contributed by atoms with E-state index in [-0.39, 0.29) is 11.1 Å². The summed E-state index contributed by atoms with van der Waals surface area (Å²) >= 11 is 0. The standard InChI is InChI=1S/C23H38O11/c1-15(13-27-33-20(3,4)5)17(24)29-22(9,10)31-19(26)32-23(11,12)30-18(25)16(2)14-28-34-21(6,7)8/h13-14H,1-12H3/b15-13+,16-14+. The number of carbonyl (C=O) groups is 3. The van der Waals surface area contributed by atoms with E-state index >= 15 is 0 Å². The maximum Gasteiger partial charge on any atom is 0.514 e. The lowest BCUT2D eigenvalue weighted by Crippen LogP contribution is -2.39. The van der Waals surface area contributed by atoms with Gasteiger partial charge in [-0.2, -0.15) is 9.78 Å². The summed E-state index contributed by atoms with van der Waals surface area (Å²) in [5.41, 5.74) is -1.04.